The van der Waals surface area contributed by atoms with Crippen LogP contribution >= 0.6 is 0 Å². The number of hydrogen-bond donors (Lipinski definition) is 0. The van der Waals surface area contributed by atoms with Gasteiger partial charge in [-0.05, 0) is 12.8 Å². The molecule has 0 N–H and O–H groups in total. The van der Waals surface area contributed by atoms with Crippen molar-refractivity contribution in [2.45, 2.75) is 77.2 Å². The van der Waals surface area contributed by atoms with Crippen LogP contribution in [0.15, 0.2) is 12.2 Å². The van der Waals surface area contributed by atoms with Gasteiger partial charge in [-0.2, -0.15) is 0 Å². The molecule has 0 saturated heterocycles. The normalized spacial score (nSPS) is 13.1. The van der Waals surface area contributed by atoms with Gasteiger partial charge in [0, 0.05) is 18.5 Å². The molecule has 0 aromatic heterocycles. The first-order chi connectivity index (χ1) is 11.7. The molecule has 0 aliphatic rings. The van der Waals surface area contributed by atoms with Gasteiger partial charge in [-0.3, -0.25) is 0 Å². The molecular formula is C20H37NO4. The predicted octanol–water partition coefficient (Wildman–Crippen LogP) is 2.83. The molecule has 0 amide bonds. The van der Waals surface area contributed by atoms with E-state index in [0.29, 0.717) is 11.0 Å². The number of carboxylic acid groups (broad SMARTS) is 1. The minimum absolute atomic E-state index is 0.271. The summed E-state index contributed by atoms with van der Waals surface area (Å²) in [6, 6.07) is 0. The Morgan fingerprint density at radius 2 is 1.56 bits per heavy atom. The Balaban J connectivity index is 3.93. The van der Waals surface area contributed by atoms with E-state index in [1.54, 1.807) is 0 Å². The van der Waals surface area contributed by atoms with Gasteiger partial charge in [-0.15, -0.1) is 0 Å². The molecule has 25 heavy (non-hydrogen) atoms. The Hall–Kier alpha value is -1.36. The Morgan fingerprint density at radius 1 is 1.00 bits per heavy atom. The summed E-state index contributed by atoms with van der Waals surface area (Å²) in [4.78, 5) is 22.6. The van der Waals surface area contributed by atoms with E-state index < -0.39 is 18.0 Å². The van der Waals surface area contributed by atoms with Crippen LogP contribution in [0.1, 0.15) is 71.1 Å². The highest BCUT2D eigenvalue weighted by Crippen LogP contribution is 2.10. The molecule has 0 heterocycles. The van der Waals surface area contributed by atoms with Crippen LogP contribution in [0.5, 0.6) is 0 Å². The minimum Gasteiger partial charge on any atom is -0.550 e. The lowest BCUT2D eigenvalue weighted by Gasteiger charge is -2.29. The number of carbonyl (C=O) groups excluding carboxylic acids is 2. The van der Waals surface area contributed by atoms with Crippen LogP contribution in [0.25, 0.3) is 0 Å². The molecule has 0 aromatic rings. The number of quaternary nitrogens is 1. The van der Waals surface area contributed by atoms with Crippen LogP contribution in [0, 0.1) is 0 Å². The number of esters is 1. The molecule has 0 aromatic carbocycles. The van der Waals surface area contributed by atoms with Crippen molar-refractivity contribution in [2.75, 3.05) is 27.7 Å². The lowest BCUT2D eigenvalue weighted by Crippen LogP contribution is -2.45. The zero-order chi connectivity index (χ0) is 19.1. The number of ether oxygens (including phenoxy) is 1. The number of allylic oxidation sites excluding steroid dienone is 1. The standard InChI is InChI=1S/C20H37NO4/c1-5-6-7-8-9-10-11-12-13-14-15-20(24)25-18(16-19(22)23)17-21(2,3)4/h14-15,18H,5-13,16-17H2,1-4H3. The number of hydrogen-bond acceptors (Lipinski definition) is 4. The highest BCUT2D eigenvalue weighted by atomic mass is 16.5. The lowest BCUT2D eigenvalue weighted by atomic mass is 10.1. The second-order valence-corrected chi connectivity index (χ2v) is 7.77. The van der Waals surface area contributed by atoms with Crippen molar-refractivity contribution < 1.29 is 23.9 Å². The smallest absolute Gasteiger partial charge is 0.330 e. The number of rotatable bonds is 15. The third-order valence-electron chi connectivity index (χ3n) is 3.91. The molecule has 0 rings (SSSR count). The van der Waals surface area contributed by atoms with E-state index in [0.717, 1.165) is 12.8 Å². The number of aliphatic carboxylic acids is 1. The summed E-state index contributed by atoms with van der Waals surface area (Å²) in [6.07, 6.45) is 13.2. The van der Waals surface area contributed by atoms with Crippen LogP contribution in [-0.2, 0) is 14.3 Å². The van der Waals surface area contributed by atoms with Gasteiger partial charge >= 0.3 is 5.97 Å². The molecule has 1 atom stereocenters. The van der Waals surface area contributed by atoms with Gasteiger partial charge < -0.3 is 19.1 Å². The second-order valence-electron chi connectivity index (χ2n) is 7.77. The molecule has 0 bridgehead atoms. The SMILES string of the molecule is CCCCCCCCCCC=CC(=O)OC(CC(=O)[O-])C[N+](C)(C)C. The first kappa shape index (κ1) is 23.6. The van der Waals surface area contributed by atoms with Crippen LogP contribution in [0.3, 0.4) is 0 Å². The van der Waals surface area contributed by atoms with E-state index in [4.69, 9.17) is 4.74 Å². The highest BCUT2D eigenvalue weighted by Gasteiger charge is 2.21. The summed E-state index contributed by atoms with van der Waals surface area (Å²) in [5.41, 5.74) is 0. The van der Waals surface area contributed by atoms with Gasteiger partial charge in [0.2, 0.25) is 0 Å². The lowest BCUT2D eigenvalue weighted by molar-refractivity contribution is -0.873. The fourth-order valence-electron chi connectivity index (χ4n) is 2.72. The predicted molar refractivity (Wildman–Crippen MR) is 98.8 cm³/mol. The fourth-order valence-corrected chi connectivity index (χ4v) is 2.72. The molecule has 0 saturated carbocycles. The van der Waals surface area contributed by atoms with Crippen LogP contribution in [-0.4, -0.2) is 50.2 Å². The third-order valence-corrected chi connectivity index (χ3v) is 3.91. The maximum absolute atomic E-state index is 11.8. The molecule has 5 heteroatoms. The molecule has 146 valence electrons. The van der Waals surface area contributed by atoms with E-state index in [9.17, 15) is 14.7 Å². The average molecular weight is 356 g/mol. The maximum atomic E-state index is 11.8. The van der Waals surface area contributed by atoms with E-state index >= 15 is 0 Å². The van der Waals surface area contributed by atoms with Gasteiger partial charge in [-0.25, -0.2) is 4.79 Å². The minimum atomic E-state index is -1.20. The van der Waals surface area contributed by atoms with Crippen LogP contribution in [0.4, 0.5) is 0 Å². The van der Waals surface area contributed by atoms with E-state index in [1.807, 2.05) is 27.2 Å². The molecule has 5 nitrogen and oxygen atoms in total. The zero-order valence-electron chi connectivity index (χ0n) is 16.6. The van der Waals surface area contributed by atoms with Crippen molar-refractivity contribution in [3.05, 3.63) is 12.2 Å². The molecule has 0 spiro atoms. The number of likely N-dealkylation sites (N-methyl/N-ethyl adjacent to an activating group) is 1. The Labute approximate surface area is 153 Å². The summed E-state index contributed by atoms with van der Waals surface area (Å²) in [6.45, 7) is 2.66. The molecule has 0 fully saturated rings. The maximum Gasteiger partial charge on any atom is 0.330 e. The summed E-state index contributed by atoms with van der Waals surface area (Å²) < 4.78 is 5.78. The van der Waals surface area contributed by atoms with E-state index in [2.05, 4.69) is 6.92 Å². The number of unbranched alkanes of at least 4 members (excludes halogenated alkanes) is 8. The van der Waals surface area contributed by atoms with Crippen molar-refractivity contribution in [1.29, 1.82) is 0 Å². The summed E-state index contributed by atoms with van der Waals surface area (Å²) in [5, 5.41) is 10.8. The van der Waals surface area contributed by atoms with Crippen molar-refractivity contribution >= 4 is 11.9 Å². The largest absolute Gasteiger partial charge is 0.550 e. The quantitative estimate of drug-likeness (QED) is 0.196. The van der Waals surface area contributed by atoms with Gasteiger partial charge in [0.05, 0.1) is 21.1 Å². The molecule has 0 aliphatic carbocycles. The monoisotopic (exact) mass is 355 g/mol. The second kappa shape index (κ2) is 13.9. The molecule has 0 aliphatic heterocycles. The van der Waals surface area contributed by atoms with E-state index in [-0.39, 0.29) is 6.42 Å². The molecular weight excluding hydrogens is 318 g/mol. The van der Waals surface area contributed by atoms with E-state index in [1.165, 1.54) is 51.0 Å². The first-order valence-corrected chi connectivity index (χ1v) is 9.62. The summed E-state index contributed by atoms with van der Waals surface area (Å²) in [5.74, 6) is -1.67. The van der Waals surface area contributed by atoms with Crippen molar-refractivity contribution in [3.8, 4) is 0 Å². The molecule has 0 radical (unpaired) electrons. The first-order valence-electron chi connectivity index (χ1n) is 9.62. The average Bonchev–Trinajstić information content (AvgIpc) is 2.46. The highest BCUT2D eigenvalue weighted by molar-refractivity contribution is 5.82. The molecule has 1 unspecified atom stereocenters. The Kier molecular flexibility index (Phi) is 13.1. The number of nitrogens with zero attached hydrogens (tertiary/aromatic N) is 1. The van der Waals surface area contributed by atoms with Crippen LogP contribution in [0.2, 0.25) is 0 Å². The van der Waals surface area contributed by atoms with Gasteiger partial charge in [0.15, 0.2) is 6.10 Å². The number of carbonyl (C=O) groups is 2. The Bertz CT molecular complexity index is 399. The zero-order valence-corrected chi connectivity index (χ0v) is 16.6. The van der Waals surface area contributed by atoms with Crippen molar-refractivity contribution in [3.63, 3.8) is 0 Å². The van der Waals surface area contributed by atoms with Crippen molar-refractivity contribution in [2.24, 2.45) is 0 Å². The summed E-state index contributed by atoms with van der Waals surface area (Å²) in [7, 11) is 5.77. The van der Waals surface area contributed by atoms with Gasteiger partial charge in [0.25, 0.3) is 0 Å². The fraction of sp³-hybridized carbons (Fsp3) is 0.800. The van der Waals surface area contributed by atoms with Gasteiger partial charge in [0.1, 0.15) is 6.54 Å². The topological polar surface area (TPSA) is 66.4 Å². The van der Waals surface area contributed by atoms with Gasteiger partial charge in [-0.1, -0.05) is 57.9 Å². The van der Waals surface area contributed by atoms with Crippen LogP contribution < -0.4 is 5.11 Å². The number of carboxylic acids is 1. The Morgan fingerprint density at radius 3 is 2.08 bits per heavy atom. The van der Waals surface area contributed by atoms with Crippen molar-refractivity contribution in [1.82, 2.24) is 0 Å². The summed E-state index contributed by atoms with van der Waals surface area (Å²) >= 11 is 0. The third kappa shape index (κ3) is 17.3.